The zero-order valence-corrected chi connectivity index (χ0v) is 15.1. The van der Waals surface area contributed by atoms with Crippen molar-refractivity contribution in [1.29, 1.82) is 0 Å². The molecule has 126 valence electrons. The number of ketones is 1. The molecule has 0 spiro atoms. The van der Waals surface area contributed by atoms with E-state index in [4.69, 9.17) is 0 Å². The zero-order valence-electron chi connectivity index (χ0n) is 14.3. The van der Waals surface area contributed by atoms with E-state index in [0.717, 1.165) is 5.56 Å². The number of carbonyl (C=O) groups excluding carboxylic acids is 1. The first kappa shape index (κ1) is 17.7. The first-order chi connectivity index (χ1) is 10.4. The molecule has 6 heteroatoms. The maximum atomic E-state index is 12.3. The summed E-state index contributed by atoms with van der Waals surface area (Å²) in [7, 11) is -3.73. The smallest absolute Gasteiger partial charge is 0.276 e. The van der Waals surface area contributed by atoms with Gasteiger partial charge >= 0.3 is 0 Å². The monoisotopic (exact) mass is 336 g/mol. The lowest BCUT2D eigenvalue weighted by atomic mass is 9.65. The summed E-state index contributed by atoms with van der Waals surface area (Å²) < 4.78 is 24.7. The third-order valence-electron chi connectivity index (χ3n) is 4.34. The number of aryl methyl sites for hydroxylation is 1. The van der Waals surface area contributed by atoms with Crippen molar-refractivity contribution in [1.82, 2.24) is 4.83 Å². The molecule has 5 nitrogen and oxygen atoms in total. The Morgan fingerprint density at radius 3 is 2.17 bits per heavy atom. The molecule has 1 aromatic carbocycles. The van der Waals surface area contributed by atoms with Gasteiger partial charge in [-0.3, -0.25) is 4.79 Å². The highest BCUT2D eigenvalue weighted by Crippen LogP contribution is 2.40. The quantitative estimate of drug-likeness (QED) is 0.862. The lowest BCUT2D eigenvalue weighted by Crippen LogP contribution is -2.45. The lowest BCUT2D eigenvalue weighted by Gasteiger charge is -2.38. The SMILES string of the molecule is Cc1ccc(S(=O)(=O)N/N=C2\CC(C)(C)CC(=O)C2(C)C)cc1. The molecule has 1 fully saturated rings. The van der Waals surface area contributed by atoms with Crippen LogP contribution in [0.5, 0.6) is 0 Å². The standard InChI is InChI=1S/C17H24N2O3S/c1-12-6-8-13(9-7-12)23(21,22)19-18-14-10-16(2,3)11-15(20)17(14,4)5/h6-9,19H,10-11H2,1-5H3/b18-14+. The molecule has 0 aliphatic heterocycles. The minimum Gasteiger partial charge on any atom is -0.299 e. The highest BCUT2D eigenvalue weighted by atomic mass is 32.2. The number of benzene rings is 1. The normalized spacial score (nSPS) is 22.1. The van der Waals surface area contributed by atoms with Crippen LogP contribution in [0.4, 0.5) is 0 Å². The van der Waals surface area contributed by atoms with Gasteiger partial charge in [-0.05, 0) is 44.7 Å². The molecule has 1 saturated carbocycles. The molecule has 2 rings (SSSR count). The minimum absolute atomic E-state index is 0.0852. The molecule has 0 aromatic heterocycles. The molecule has 0 amide bonds. The number of hydrogen-bond donors (Lipinski definition) is 1. The van der Waals surface area contributed by atoms with Gasteiger partial charge in [0, 0.05) is 6.42 Å². The number of nitrogens with zero attached hydrogens (tertiary/aromatic N) is 1. The van der Waals surface area contributed by atoms with Crippen molar-refractivity contribution in [3.8, 4) is 0 Å². The van der Waals surface area contributed by atoms with E-state index in [-0.39, 0.29) is 16.1 Å². The molecule has 1 N–H and O–H groups in total. The van der Waals surface area contributed by atoms with Gasteiger partial charge in [-0.15, -0.1) is 0 Å². The van der Waals surface area contributed by atoms with Gasteiger partial charge in [0.05, 0.1) is 16.0 Å². The summed E-state index contributed by atoms with van der Waals surface area (Å²) in [5.74, 6) is 0.0852. The van der Waals surface area contributed by atoms with Gasteiger partial charge in [0.25, 0.3) is 10.0 Å². The van der Waals surface area contributed by atoms with E-state index >= 15 is 0 Å². The Kier molecular flexibility index (Phi) is 4.41. The minimum atomic E-state index is -3.73. The molecule has 1 aliphatic carbocycles. The van der Waals surface area contributed by atoms with E-state index in [1.54, 1.807) is 38.1 Å². The summed E-state index contributed by atoms with van der Waals surface area (Å²) in [6.07, 6.45) is 1.06. The summed E-state index contributed by atoms with van der Waals surface area (Å²) in [6, 6.07) is 6.55. The Bertz CT molecular complexity index is 745. The summed E-state index contributed by atoms with van der Waals surface area (Å²) in [6.45, 7) is 9.46. The fourth-order valence-corrected chi connectivity index (χ4v) is 3.45. The zero-order chi connectivity index (χ0) is 17.5. The van der Waals surface area contributed by atoms with Crippen molar-refractivity contribution in [3.05, 3.63) is 29.8 Å². The molecule has 1 aromatic rings. The fourth-order valence-electron chi connectivity index (χ4n) is 2.62. The van der Waals surface area contributed by atoms with Crippen molar-refractivity contribution in [2.75, 3.05) is 0 Å². The van der Waals surface area contributed by atoms with Crippen LogP contribution < -0.4 is 4.83 Å². The second kappa shape index (κ2) is 5.74. The Morgan fingerprint density at radius 2 is 1.61 bits per heavy atom. The van der Waals surface area contributed by atoms with Crippen LogP contribution in [0.3, 0.4) is 0 Å². The second-order valence-corrected chi connectivity index (χ2v) is 9.19. The maximum Gasteiger partial charge on any atom is 0.276 e. The van der Waals surface area contributed by atoms with Crippen molar-refractivity contribution < 1.29 is 13.2 Å². The number of sulfonamides is 1. The highest BCUT2D eigenvalue weighted by Gasteiger charge is 2.44. The second-order valence-electron chi connectivity index (χ2n) is 7.53. The maximum absolute atomic E-state index is 12.3. The van der Waals surface area contributed by atoms with Crippen LogP contribution in [-0.2, 0) is 14.8 Å². The molecular formula is C17H24N2O3S. The molecule has 0 atom stereocenters. The number of rotatable bonds is 3. The fraction of sp³-hybridized carbons (Fsp3) is 0.529. The number of carbonyl (C=O) groups is 1. The third kappa shape index (κ3) is 3.80. The Hall–Kier alpha value is -1.69. The van der Waals surface area contributed by atoms with E-state index in [1.807, 2.05) is 20.8 Å². The van der Waals surface area contributed by atoms with E-state index in [2.05, 4.69) is 9.93 Å². The largest absolute Gasteiger partial charge is 0.299 e. The van der Waals surface area contributed by atoms with Crippen LogP contribution in [-0.4, -0.2) is 19.9 Å². The van der Waals surface area contributed by atoms with E-state index in [9.17, 15) is 13.2 Å². The van der Waals surface area contributed by atoms with Gasteiger partial charge in [0.2, 0.25) is 0 Å². The number of nitrogens with one attached hydrogen (secondary N) is 1. The van der Waals surface area contributed by atoms with Crippen LogP contribution >= 0.6 is 0 Å². The van der Waals surface area contributed by atoms with Crippen LogP contribution in [0.25, 0.3) is 0 Å². The molecular weight excluding hydrogens is 312 g/mol. The van der Waals surface area contributed by atoms with E-state index in [1.165, 1.54) is 0 Å². The van der Waals surface area contributed by atoms with Crippen molar-refractivity contribution in [3.63, 3.8) is 0 Å². The van der Waals surface area contributed by atoms with Gasteiger partial charge in [-0.25, -0.2) is 4.83 Å². The molecule has 23 heavy (non-hydrogen) atoms. The molecule has 1 aliphatic rings. The average Bonchev–Trinajstić information content (AvgIpc) is 2.42. The van der Waals surface area contributed by atoms with E-state index in [0.29, 0.717) is 18.6 Å². The van der Waals surface area contributed by atoms with Gasteiger partial charge in [0.1, 0.15) is 5.78 Å². The summed E-state index contributed by atoms with van der Waals surface area (Å²) in [5, 5.41) is 4.11. The third-order valence-corrected chi connectivity index (χ3v) is 5.56. The summed E-state index contributed by atoms with van der Waals surface area (Å²) >= 11 is 0. The molecule has 0 unspecified atom stereocenters. The van der Waals surface area contributed by atoms with Crippen LogP contribution in [0.2, 0.25) is 0 Å². The Balaban J connectivity index is 2.30. The van der Waals surface area contributed by atoms with Gasteiger partial charge in [-0.2, -0.15) is 13.5 Å². The highest BCUT2D eigenvalue weighted by molar-refractivity contribution is 7.89. The Labute approximate surface area is 138 Å². The summed E-state index contributed by atoms with van der Waals surface area (Å²) in [4.78, 5) is 14.8. The van der Waals surface area contributed by atoms with Crippen molar-refractivity contribution in [2.24, 2.45) is 15.9 Å². The first-order valence-corrected chi connectivity index (χ1v) is 9.11. The molecule has 0 bridgehead atoms. The van der Waals surface area contributed by atoms with Gasteiger partial charge in [0.15, 0.2) is 0 Å². The van der Waals surface area contributed by atoms with Gasteiger partial charge < -0.3 is 0 Å². The van der Waals surface area contributed by atoms with E-state index < -0.39 is 15.4 Å². The van der Waals surface area contributed by atoms with Crippen LogP contribution in [0, 0.1) is 17.8 Å². The molecule has 0 saturated heterocycles. The number of Topliss-reactive ketones (excluding diaryl/α,β-unsaturated/α-hetero) is 1. The predicted molar refractivity (Wildman–Crippen MR) is 90.7 cm³/mol. The van der Waals surface area contributed by atoms with Crippen molar-refractivity contribution >= 4 is 21.5 Å². The van der Waals surface area contributed by atoms with Gasteiger partial charge in [-0.1, -0.05) is 31.5 Å². The van der Waals surface area contributed by atoms with Crippen LogP contribution in [0.1, 0.15) is 46.1 Å². The molecule has 0 heterocycles. The predicted octanol–water partition coefficient (Wildman–Crippen LogP) is 3.04. The molecule has 0 radical (unpaired) electrons. The lowest BCUT2D eigenvalue weighted by molar-refractivity contribution is -0.127. The van der Waals surface area contributed by atoms with Crippen molar-refractivity contribution in [2.45, 2.75) is 52.4 Å². The topological polar surface area (TPSA) is 75.6 Å². The first-order valence-electron chi connectivity index (χ1n) is 7.63. The number of hydrogen-bond acceptors (Lipinski definition) is 4. The Morgan fingerprint density at radius 1 is 1.04 bits per heavy atom. The average molecular weight is 336 g/mol. The summed E-state index contributed by atoms with van der Waals surface area (Å²) in [5.41, 5.74) is 0.608. The number of hydrazone groups is 1. The van der Waals surface area contributed by atoms with Crippen LogP contribution in [0.15, 0.2) is 34.3 Å².